The Balaban J connectivity index is 1.77. The standard InChI is InChI=1S/C28H23BrN2O6/c29-18-10-12-19(13-11-18)30-28(34)37-27(23-14-15-24(32)22-9-5-4-8-21(22)23)25(16-17-26(33)31-35)36-20-6-2-1-3-7-20/h1-17,25,27,32,35H,(H,30,34)(H,31,33)/b17-16+/t25-,27-/m0/s1. The molecule has 2 atom stereocenters. The van der Waals surface area contributed by atoms with Crippen LogP contribution in [0.5, 0.6) is 11.5 Å². The van der Waals surface area contributed by atoms with Gasteiger partial charge in [0, 0.05) is 27.2 Å². The van der Waals surface area contributed by atoms with Crippen LogP contribution in [0.25, 0.3) is 10.8 Å². The van der Waals surface area contributed by atoms with Gasteiger partial charge in [-0.25, -0.2) is 10.3 Å². The van der Waals surface area contributed by atoms with Crippen molar-refractivity contribution in [2.45, 2.75) is 12.2 Å². The zero-order chi connectivity index (χ0) is 26.2. The molecule has 4 aromatic carbocycles. The number of nitrogens with one attached hydrogen (secondary N) is 2. The molecule has 0 fully saturated rings. The minimum Gasteiger partial charge on any atom is -0.507 e. The second-order valence-corrected chi connectivity index (χ2v) is 8.82. The fraction of sp³-hybridized carbons (Fsp3) is 0.0714. The number of rotatable bonds is 8. The van der Waals surface area contributed by atoms with Crippen molar-refractivity contribution >= 4 is 44.4 Å². The number of halogens is 1. The lowest BCUT2D eigenvalue weighted by atomic mass is 9.96. The number of para-hydroxylation sites is 1. The highest BCUT2D eigenvalue weighted by Gasteiger charge is 2.30. The third-order valence-electron chi connectivity index (χ3n) is 5.43. The van der Waals surface area contributed by atoms with Crippen LogP contribution in [0.1, 0.15) is 11.7 Å². The summed E-state index contributed by atoms with van der Waals surface area (Å²) in [6, 6.07) is 26.1. The molecular formula is C28H23BrN2O6. The van der Waals surface area contributed by atoms with Crippen molar-refractivity contribution in [3.63, 3.8) is 0 Å². The smallest absolute Gasteiger partial charge is 0.412 e. The van der Waals surface area contributed by atoms with E-state index in [0.717, 1.165) is 10.5 Å². The SMILES string of the molecule is O=C(/C=C/[C@H](Oc1ccccc1)[C@@H](OC(=O)Nc1ccc(Br)cc1)c1ccc(O)c2ccccc12)NO. The molecule has 188 valence electrons. The van der Waals surface area contributed by atoms with Gasteiger partial charge in [-0.1, -0.05) is 64.5 Å². The predicted molar refractivity (Wildman–Crippen MR) is 143 cm³/mol. The molecule has 9 heteroatoms. The number of hydrogen-bond acceptors (Lipinski definition) is 6. The molecule has 0 aliphatic heterocycles. The fourth-order valence-corrected chi connectivity index (χ4v) is 4.00. The predicted octanol–water partition coefficient (Wildman–Crippen LogP) is 6.11. The number of phenols is 1. The van der Waals surface area contributed by atoms with Crippen molar-refractivity contribution in [2.24, 2.45) is 0 Å². The van der Waals surface area contributed by atoms with Crippen molar-refractivity contribution in [1.82, 2.24) is 5.48 Å². The average Bonchev–Trinajstić information content (AvgIpc) is 2.92. The summed E-state index contributed by atoms with van der Waals surface area (Å²) in [6.07, 6.45) is -0.352. The van der Waals surface area contributed by atoms with Crippen molar-refractivity contribution in [3.05, 3.63) is 113 Å². The molecule has 4 aromatic rings. The normalized spacial score (nSPS) is 12.6. The van der Waals surface area contributed by atoms with E-state index in [0.29, 0.717) is 27.8 Å². The Labute approximate surface area is 221 Å². The maximum atomic E-state index is 13.0. The van der Waals surface area contributed by atoms with Crippen LogP contribution in [-0.4, -0.2) is 28.4 Å². The molecule has 0 saturated carbocycles. The largest absolute Gasteiger partial charge is 0.507 e. The Kier molecular flexibility index (Phi) is 8.40. The van der Waals surface area contributed by atoms with E-state index in [1.54, 1.807) is 78.9 Å². The highest BCUT2D eigenvalue weighted by Crippen LogP contribution is 2.36. The molecule has 0 aromatic heterocycles. The quantitative estimate of drug-likeness (QED) is 0.117. The monoisotopic (exact) mass is 562 g/mol. The van der Waals surface area contributed by atoms with E-state index in [2.05, 4.69) is 21.2 Å². The van der Waals surface area contributed by atoms with Crippen molar-refractivity contribution in [1.29, 1.82) is 0 Å². The molecule has 4 N–H and O–H groups in total. The second kappa shape index (κ2) is 12.1. The first-order valence-corrected chi connectivity index (χ1v) is 12.0. The van der Waals surface area contributed by atoms with E-state index in [4.69, 9.17) is 14.7 Å². The lowest BCUT2D eigenvalue weighted by molar-refractivity contribution is -0.124. The van der Waals surface area contributed by atoms with E-state index < -0.39 is 24.2 Å². The van der Waals surface area contributed by atoms with Crippen LogP contribution in [0, 0.1) is 0 Å². The van der Waals surface area contributed by atoms with Crippen LogP contribution in [0.15, 0.2) is 108 Å². The molecule has 0 aliphatic carbocycles. The Hall–Kier alpha value is -4.34. The van der Waals surface area contributed by atoms with E-state index >= 15 is 0 Å². The molecule has 4 rings (SSSR count). The van der Waals surface area contributed by atoms with E-state index in [1.807, 2.05) is 6.07 Å². The molecular weight excluding hydrogens is 540 g/mol. The number of hydroxylamine groups is 1. The fourth-order valence-electron chi connectivity index (χ4n) is 3.74. The van der Waals surface area contributed by atoms with Gasteiger partial charge in [0.2, 0.25) is 0 Å². The molecule has 0 bridgehead atoms. The number of ether oxygens (including phenoxy) is 2. The number of anilines is 1. The van der Waals surface area contributed by atoms with Crippen molar-refractivity contribution < 1.29 is 29.4 Å². The lowest BCUT2D eigenvalue weighted by Crippen LogP contribution is -2.30. The molecule has 0 radical (unpaired) electrons. The molecule has 0 heterocycles. The highest BCUT2D eigenvalue weighted by atomic mass is 79.9. The Morgan fingerprint density at radius 3 is 2.24 bits per heavy atom. The molecule has 0 spiro atoms. The maximum absolute atomic E-state index is 13.0. The Morgan fingerprint density at radius 2 is 1.54 bits per heavy atom. The topological polar surface area (TPSA) is 117 Å². The van der Waals surface area contributed by atoms with Crippen LogP contribution >= 0.6 is 15.9 Å². The number of phenolic OH excluding ortho intramolecular Hbond substituents is 1. The number of hydrogen-bond donors (Lipinski definition) is 4. The second-order valence-electron chi connectivity index (χ2n) is 7.91. The summed E-state index contributed by atoms with van der Waals surface area (Å²) in [5.74, 6) is -0.255. The van der Waals surface area contributed by atoms with Gasteiger partial charge in [-0.2, -0.15) is 0 Å². The van der Waals surface area contributed by atoms with Crippen LogP contribution in [-0.2, 0) is 9.53 Å². The first kappa shape index (κ1) is 25.7. The number of fused-ring (bicyclic) bond motifs is 1. The number of carbonyl (C=O) groups is 2. The van der Waals surface area contributed by atoms with Gasteiger partial charge in [0.1, 0.15) is 11.5 Å². The van der Waals surface area contributed by atoms with Crippen molar-refractivity contribution in [3.8, 4) is 11.5 Å². The number of carbonyl (C=O) groups excluding carboxylic acids is 2. The summed E-state index contributed by atoms with van der Waals surface area (Å²) in [4.78, 5) is 24.9. The Bertz CT molecular complexity index is 1410. The van der Waals surface area contributed by atoms with Gasteiger partial charge in [0.25, 0.3) is 5.91 Å². The first-order chi connectivity index (χ1) is 17.9. The zero-order valence-corrected chi connectivity index (χ0v) is 21.0. The van der Waals surface area contributed by atoms with Gasteiger partial charge in [0.15, 0.2) is 12.2 Å². The number of aromatic hydroxyl groups is 1. The molecule has 0 unspecified atom stereocenters. The van der Waals surface area contributed by atoms with Gasteiger partial charge in [-0.05, 0) is 53.9 Å². The third-order valence-corrected chi connectivity index (χ3v) is 5.96. The van der Waals surface area contributed by atoms with Crippen LogP contribution in [0.3, 0.4) is 0 Å². The van der Waals surface area contributed by atoms with Crippen LogP contribution < -0.4 is 15.5 Å². The minimum atomic E-state index is -1.07. The number of benzene rings is 4. The van der Waals surface area contributed by atoms with E-state index in [-0.39, 0.29) is 5.75 Å². The van der Waals surface area contributed by atoms with Crippen molar-refractivity contribution in [2.75, 3.05) is 5.32 Å². The van der Waals surface area contributed by atoms with Gasteiger partial charge < -0.3 is 14.6 Å². The summed E-state index contributed by atoms with van der Waals surface area (Å²) in [5.41, 5.74) is 2.59. The third kappa shape index (κ3) is 6.66. The summed E-state index contributed by atoms with van der Waals surface area (Å²) in [5, 5.41) is 23.3. The molecule has 37 heavy (non-hydrogen) atoms. The highest BCUT2D eigenvalue weighted by molar-refractivity contribution is 9.10. The number of amides is 2. The van der Waals surface area contributed by atoms with Crippen LogP contribution in [0.4, 0.5) is 10.5 Å². The molecule has 0 saturated heterocycles. The van der Waals surface area contributed by atoms with Gasteiger partial charge in [-0.3, -0.25) is 15.3 Å². The Morgan fingerprint density at radius 1 is 0.865 bits per heavy atom. The summed E-state index contributed by atoms with van der Waals surface area (Å²) >= 11 is 3.36. The summed E-state index contributed by atoms with van der Waals surface area (Å²) in [7, 11) is 0. The maximum Gasteiger partial charge on any atom is 0.412 e. The van der Waals surface area contributed by atoms with Gasteiger partial charge in [0.05, 0.1) is 0 Å². The zero-order valence-electron chi connectivity index (χ0n) is 19.4. The summed E-state index contributed by atoms with van der Waals surface area (Å²) < 4.78 is 12.9. The molecule has 8 nitrogen and oxygen atoms in total. The van der Waals surface area contributed by atoms with Crippen LogP contribution in [0.2, 0.25) is 0 Å². The first-order valence-electron chi connectivity index (χ1n) is 11.2. The average molecular weight is 563 g/mol. The lowest BCUT2D eigenvalue weighted by Gasteiger charge is -2.27. The molecule has 2 amide bonds. The summed E-state index contributed by atoms with van der Waals surface area (Å²) in [6.45, 7) is 0. The minimum absolute atomic E-state index is 0.0631. The van der Waals surface area contributed by atoms with Gasteiger partial charge in [-0.15, -0.1) is 0 Å². The van der Waals surface area contributed by atoms with E-state index in [9.17, 15) is 14.7 Å². The van der Waals surface area contributed by atoms with E-state index in [1.165, 1.54) is 17.6 Å². The molecule has 0 aliphatic rings. The van der Waals surface area contributed by atoms with Gasteiger partial charge >= 0.3 is 6.09 Å².